The number of hydrogen-bond acceptors (Lipinski definition) is 4. The summed E-state index contributed by atoms with van der Waals surface area (Å²) >= 11 is 0. The van der Waals surface area contributed by atoms with Crippen LogP contribution in [-0.2, 0) is 5.41 Å². The number of para-hydroxylation sites is 3. The van der Waals surface area contributed by atoms with Crippen LogP contribution in [0.1, 0.15) is 36.8 Å². The first-order valence-corrected chi connectivity index (χ1v) is 21.2. The first-order valence-electron chi connectivity index (χ1n) is 21.2. The first kappa shape index (κ1) is 32.1. The Balaban J connectivity index is 1.02. The molecule has 4 fully saturated rings. The van der Waals surface area contributed by atoms with E-state index in [0.29, 0.717) is 29.3 Å². The Morgan fingerprint density at radius 3 is 2.05 bits per heavy atom. The molecule has 4 saturated carbocycles. The van der Waals surface area contributed by atoms with E-state index in [1.165, 1.54) is 64.2 Å². The van der Waals surface area contributed by atoms with Gasteiger partial charge in [0.15, 0.2) is 17.5 Å². The molecule has 5 heteroatoms. The average molecular weight is 759 g/mol. The van der Waals surface area contributed by atoms with Crippen LogP contribution in [0.4, 0.5) is 0 Å². The van der Waals surface area contributed by atoms with E-state index >= 15 is 0 Å². The third-order valence-corrected chi connectivity index (χ3v) is 14.8. The number of benzene rings is 7. The van der Waals surface area contributed by atoms with Gasteiger partial charge < -0.3 is 8.98 Å². The van der Waals surface area contributed by atoms with Crippen molar-refractivity contribution in [2.75, 3.05) is 0 Å². The molecule has 280 valence electrons. The number of rotatable bonds is 4. The number of aromatic nitrogens is 4. The van der Waals surface area contributed by atoms with E-state index in [-0.39, 0.29) is 5.41 Å². The van der Waals surface area contributed by atoms with Crippen LogP contribution in [0.3, 0.4) is 0 Å². The van der Waals surface area contributed by atoms with Crippen LogP contribution < -0.4 is 0 Å². The van der Waals surface area contributed by atoms with Crippen molar-refractivity contribution in [1.82, 2.24) is 19.5 Å². The Morgan fingerprint density at radius 2 is 1.17 bits per heavy atom. The Labute approximate surface area is 341 Å². The summed E-state index contributed by atoms with van der Waals surface area (Å²) < 4.78 is 8.76. The Hall–Kier alpha value is -6.85. The second kappa shape index (κ2) is 11.6. The summed E-state index contributed by atoms with van der Waals surface area (Å²) in [5, 5.41) is 4.60. The van der Waals surface area contributed by atoms with Gasteiger partial charge in [0.1, 0.15) is 11.2 Å². The summed E-state index contributed by atoms with van der Waals surface area (Å²) in [5.74, 6) is 5.09. The number of nitrogens with zero attached hydrogens (tertiary/aromatic N) is 4. The summed E-state index contributed by atoms with van der Waals surface area (Å²) in [6, 6.07) is 56.8. The van der Waals surface area contributed by atoms with Gasteiger partial charge in [-0.2, -0.15) is 0 Å². The maximum absolute atomic E-state index is 6.40. The highest BCUT2D eigenvalue weighted by atomic mass is 16.3. The molecular formula is C54H38N4O. The normalized spacial score (nSPS) is 22.4. The van der Waals surface area contributed by atoms with E-state index in [9.17, 15) is 0 Å². The van der Waals surface area contributed by atoms with Gasteiger partial charge in [0, 0.05) is 49.3 Å². The van der Waals surface area contributed by atoms with Crippen molar-refractivity contribution in [2.24, 2.45) is 23.7 Å². The first-order chi connectivity index (χ1) is 29.2. The van der Waals surface area contributed by atoms with Crippen molar-refractivity contribution in [3.8, 4) is 51.0 Å². The minimum absolute atomic E-state index is 0.0699. The maximum Gasteiger partial charge on any atom is 0.164 e. The summed E-state index contributed by atoms with van der Waals surface area (Å²) in [6.45, 7) is 0. The summed E-state index contributed by atoms with van der Waals surface area (Å²) in [6.07, 6.45) is 5.46. The van der Waals surface area contributed by atoms with Crippen molar-refractivity contribution in [1.29, 1.82) is 0 Å². The molecule has 0 amide bonds. The lowest BCUT2D eigenvalue weighted by molar-refractivity contribution is 0.191. The van der Waals surface area contributed by atoms with Crippen molar-refractivity contribution in [3.63, 3.8) is 0 Å². The second-order valence-electron chi connectivity index (χ2n) is 17.6. The van der Waals surface area contributed by atoms with Gasteiger partial charge in [-0.25, -0.2) is 15.0 Å². The fourth-order valence-corrected chi connectivity index (χ4v) is 12.8. The largest absolute Gasteiger partial charge is 0.456 e. The number of fused-ring (bicyclic) bond motifs is 9. The van der Waals surface area contributed by atoms with Gasteiger partial charge in [0.25, 0.3) is 0 Å². The molecule has 5 atom stereocenters. The Bertz CT molecular complexity index is 3390. The quantitative estimate of drug-likeness (QED) is 0.179. The predicted octanol–water partition coefficient (Wildman–Crippen LogP) is 13.2. The van der Waals surface area contributed by atoms with Crippen molar-refractivity contribution in [3.05, 3.63) is 169 Å². The Morgan fingerprint density at radius 1 is 0.492 bits per heavy atom. The molecule has 1 spiro atoms. The van der Waals surface area contributed by atoms with Gasteiger partial charge in [-0.1, -0.05) is 115 Å². The fourth-order valence-electron chi connectivity index (χ4n) is 12.8. The molecular weight excluding hydrogens is 721 g/mol. The minimum Gasteiger partial charge on any atom is -0.456 e. The highest BCUT2D eigenvalue weighted by Crippen LogP contribution is 2.73. The molecule has 3 aromatic heterocycles. The lowest BCUT2D eigenvalue weighted by Gasteiger charge is -2.43. The Kier molecular flexibility index (Phi) is 6.34. The maximum atomic E-state index is 6.40. The van der Waals surface area contributed by atoms with Crippen molar-refractivity contribution < 1.29 is 4.42 Å². The number of hydrogen-bond donors (Lipinski definition) is 0. The fraction of sp³-hybridized carbons (Fsp3) is 0.167. The van der Waals surface area contributed by atoms with Gasteiger partial charge in [0.2, 0.25) is 0 Å². The standard InChI is InChI=1S/C54H38N4O/c1-2-11-36(12-3-1)58-46-19-8-5-13-37(46)38-23-21-32(29-47(38)58)51-55-52(33-22-24-40-39-14-6-9-20-48(39)59-49(40)30-33)57-53(56-51)42-16-10-18-44-50(42)41-15-4-7-17-43(41)54(44)35-26-31-25-34(28-35)45(54)27-31/h1-24,29-31,34-35,45H,25-28H2. The van der Waals surface area contributed by atoms with Gasteiger partial charge in [-0.05, 0) is 114 Å². The van der Waals surface area contributed by atoms with E-state index < -0.39 is 0 Å². The molecule has 5 aliphatic carbocycles. The molecule has 59 heavy (non-hydrogen) atoms. The van der Waals surface area contributed by atoms with E-state index in [2.05, 4.69) is 150 Å². The van der Waals surface area contributed by atoms with Gasteiger partial charge in [-0.15, -0.1) is 0 Å². The molecule has 0 saturated heterocycles. The lowest BCUT2D eigenvalue weighted by Crippen LogP contribution is -2.40. The molecule has 7 aromatic carbocycles. The molecule has 0 radical (unpaired) electrons. The highest BCUT2D eigenvalue weighted by molar-refractivity contribution is 6.10. The van der Waals surface area contributed by atoms with E-state index in [4.69, 9.17) is 19.4 Å². The van der Waals surface area contributed by atoms with Crippen LogP contribution >= 0.6 is 0 Å². The SMILES string of the molecule is c1ccc(-n2c3ccccc3c3ccc(-c4nc(-c5ccc6c(c5)oc5ccccc56)nc(-c5cccc6c5-c5ccccc5C65C6CC7CC(C6)C5C7)n4)cc32)cc1. The molecule has 15 rings (SSSR count). The van der Waals surface area contributed by atoms with Crippen molar-refractivity contribution in [2.45, 2.75) is 31.1 Å². The zero-order valence-corrected chi connectivity index (χ0v) is 32.3. The zero-order chi connectivity index (χ0) is 38.4. The summed E-state index contributed by atoms with van der Waals surface area (Å²) in [4.78, 5) is 16.2. The third kappa shape index (κ3) is 4.27. The molecule has 5 aliphatic rings. The molecule has 4 bridgehead atoms. The molecule has 0 N–H and O–H groups in total. The van der Waals surface area contributed by atoms with Crippen molar-refractivity contribution >= 4 is 43.7 Å². The average Bonchev–Trinajstić information content (AvgIpc) is 4.05. The molecule has 5 unspecified atom stereocenters. The molecule has 0 aliphatic heterocycles. The van der Waals surface area contributed by atoms with Crippen LogP contribution in [0.5, 0.6) is 0 Å². The van der Waals surface area contributed by atoms with Crippen LogP contribution in [-0.4, -0.2) is 19.5 Å². The smallest absolute Gasteiger partial charge is 0.164 e. The summed E-state index contributed by atoms with van der Waals surface area (Å²) in [7, 11) is 0. The molecule has 5 nitrogen and oxygen atoms in total. The van der Waals surface area contributed by atoms with Crippen LogP contribution in [0.15, 0.2) is 162 Å². The molecule has 10 aromatic rings. The van der Waals surface area contributed by atoms with E-state index in [0.717, 1.165) is 61.7 Å². The zero-order valence-electron chi connectivity index (χ0n) is 32.3. The molecule has 3 heterocycles. The lowest BCUT2D eigenvalue weighted by atomic mass is 9.59. The highest BCUT2D eigenvalue weighted by Gasteiger charge is 2.66. The second-order valence-corrected chi connectivity index (χ2v) is 17.6. The van der Waals surface area contributed by atoms with E-state index in [1.807, 2.05) is 12.1 Å². The number of furan rings is 1. The summed E-state index contributed by atoms with van der Waals surface area (Å²) in [5.41, 5.74) is 13.8. The minimum atomic E-state index is 0.0699. The monoisotopic (exact) mass is 758 g/mol. The van der Waals surface area contributed by atoms with Crippen LogP contribution in [0.2, 0.25) is 0 Å². The van der Waals surface area contributed by atoms with Crippen LogP contribution in [0, 0.1) is 23.7 Å². The van der Waals surface area contributed by atoms with Gasteiger partial charge >= 0.3 is 0 Å². The van der Waals surface area contributed by atoms with Gasteiger partial charge in [0.05, 0.1) is 11.0 Å². The predicted molar refractivity (Wildman–Crippen MR) is 236 cm³/mol. The van der Waals surface area contributed by atoms with E-state index in [1.54, 1.807) is 0 Å². The topological polar surface area (TPSA) is 56.7 Å². The third-order valence-electron chi connectivity index (χ3n) is 14.8. The van der Waals surface area contributed by atoms with Gasteiger partial charge in [-0.3, -0.25) is 0 Å². The van der Waals surface area contributed by atoms with Crippen LogP contribution in [0.25, 0.3) is 94.7 Å².